The number of hydrogen-bond acceptors (Lipinski definition) is 0. The molecular weight excluding hydrogens is 408 g/mol. The highest BCUT2D eigenvalue weighted by Gasteiger charge is 2.41. The minimum Gasteiger partial charge on any atom is -0.0599 e. The maximum absolute atomic E-state index is 2.51. The SMILES string of the molecule is CC(C)(C)C1CCCC(CCC2C3CCCCCCCCCCC(C3)CC2C2CCCCC2)C1. The minimum atomic E-state index is 0.521. The fourth-order valence-electron chi connectivity index (χ4n) is 9.40. The topological polar surface area (TPSA) is 0 Å². The molecule has 0 aliphatic heterocycles. The molecule has 4 aliphatic carbocycles. The van der Waals surface area contributed by atoms with Gasteiger partial charge in [-0.1, -0.05) is 136 Å². The van der Waals surface area contributed by atoms with Crippen LogP contribution in [0.4, 0.5) is 0 Å². The van der Waals surface area contributed by atoms with Crippen LogP contribution < -0.4 is 0 Å². The van der Waals surface area contributed by atoms with Gasteiger partial charge in [-0.25, -0.2) is 0 Å². The summed E-state index contributed by atoms with van der Waals surface area (Å²) in [5, 5.41) is 0. The minimum absolute atomic E-state index is 0.521. The quantitative estimate of drug-likeness (QED) is 0.383. The van der Waals surface area contributed by atoms with Crippen LogP contribution in [-0.2, 0) is 0 Å². The highest BCUT2D eigenvalue weighted by molar-refractivity contribution is 4.91. The van der Waals surface area contributed by atoms with E-state index in [-0.39, 0.29) is 0 Å². The van der Waals surface area contributed by atoms with E-state index in [1.54, 1.807) is 77.0 Å². The Hall–Kier alpha value is 0. The molecule has 6 unspecified atom stereocenters. The average Bonchev–Trinajstić information content (AvgIpc) is 2.85. The van der Waals surface area contributed by atoms with Gasteiger partial charge in [0.1, 0.15) is 0 Å². The van der Waals surface area contributed by atoms with E-state index in [1.165, 1.54) is 70.6 Å². The Morgan fingerprint density at radius 3 is 1.76 bits per heavy atom. The molecule has 0 spiro atoms. The molecule has 0 amide bonds. The maximum atomic E-state index is 2.51. The summed E-state index contributed by atoms with van der Waals surface area (Å²) in [7, 11) is 0. The van der Waals surface area contributed by atoms with Crippen LogP contribution in [0.15, 0.2) is 0 Å². The lowest BCUT2D eigenvalue weighted by Gasteiger charge is -2.47. The van der Waals surface area contributed by atoms with Gasteiger partial charge in [0.15, 0.2) is 0 Å². The molecule has 4 rings (SSSR count). The summed E-state index contributed by atoms with van der Waals surface area (Å²) in [6.45, 7) is 7.52. The molecule has 0 saturated heterocycles. The smallest absolute Gasteiger partial charge is 0.0352 e. The van der Waals surface area contributed by atoms with Crippen molar-refractivity contribution in [1.82, 2.24) is 0 Å². The van der Waals surface area contributed by atoms with Gasteiger partial charge in [0, 0.05) is 0 Å². The van der Waals surface area contributed by atoms with Crippen LogP contribution in [0.5, 0.6) is 0 Å². The Labute approximate surface area is 215 Å². The summed E-state index contributed by atoms with van der Waals surface area (Å²) in [6.07, 6.45) is 35.6. The lowest BCUT2D eigenvalue weighted by molar-refractivity contribution is 0.0265. The molecule has 34 heavy (non-hydrogen) atoms. The number of fused-ring (bicyclic) bond motifs is 2. The first-order chi connectivity index (χ1) is 16.5. The van der Waals surface area contributed by atoms with Gasteiger partial charge < -0.3 is 0 Å². The number of hydrogen-bond donors (Lipinski definition) is 0. The monoisotopic (exact) mass is 470 g/mol. The second kappa shape index (κ2) is 13.5. The zero-order chi connectivity index (χ0) is 23.8. The zero-order valence-corrected chi connectivity index (χ0v) is 23.8. The summed E-state index contributed by atoms with van der Waals surface area (Å²) >= 11 is 0. The third-order valence-electron chi connectivity index (χ3n) is 11.5. The van der Waals surface area contributed by atoms with Crippen LogP contribution in [-0.4, -0.2) is 0 Å². The molecule has 0 heteroatoms. The van der Waals surface area contributed by atoms with E-state index in [0.29, 0.717) is 5.41 Å². The molecule has 0 radical (unpaired) electrons. The van der Waals surface area contributed by atoms with Gasteiger partial charge >= 0.3 is 0 Å². The third kappa shape index (κ3) is 8.00. The van der Waals surface area contributed by atoms with Crippen molar-refractivity contribution in [3.63, 3.8) is 0 Å². The van der Waals surface area contributed by atoms with E-state index in [4.69, 9.17) is 0 Å². The second-order valence-electron chi connectivity index (χ2n) is 14.9. The predicted octanol–water partition coefficient (Wildman–Crippen LogP) is 11.4. The van der Waals surface area contributed by atoms with Crippen LogP contribution in [0.25, 0.3) is 0 Å². The molecule has 6 atom stereocenters. The van der Waals surface area contributed by atoms with E-state index < -0.39 is 0 Å². The fraction of sp³-hybridized carbons (Fsp3) is 1.00. The van der Waals surface area contributed by atoms with E-state index >= 15 is 0 Å². The van der Waals surface area contributed by atoms with E-state index in [2.05, 4.69) is 20.8 Å². The maximum Gasteiger partial charge on any atom is -0.0352 e. The van der Waals surface area contributed by atoms with Crippen LogP contribution in [0.1, 0.15) is 168 Å². The molecule has 4 aliphatic rings. The van der Waals surface area contributed by atoms with Gasteiger partial charge in [-0.05, 0) is 78.9 Å². The Kier molecular flexibility index (Phi) is 10.8. The molecule has 2 bridgehead atoms. The highest BCUT2D eigenvalue weighted by Crippen LogP contribution is 2.51. The standard InChI is InChI=1S/C34H62/c1-34(2,3)31-21-15-17-27(25-31)22-23-32-30-20-12-9-7-5-4-6-8-11-16-28(24-30)26-33(32)29-18-13-10-14-19-29/h27-33H,4-26H2,1-3H3. The van der Waals surface area contributed by atoms with Crippen LogP contribution in [0, 0.1) is 46.8 Å². The van der Waals surface area contributed by atoms with Crippen molar-refractivity contribution in [2.75, 3.05) is 0 Å². The van der Waals surface area contributed by atoms with Crippen molar-refractivity contribution in [3.05, 3.63) is 0 Å². The lowest BCUT2D eigenvalue weighted by Crippen LogP contribution is -2.38. The Bertz CT molecular complexity index is 549. The van der Waals surface area contributed by atoms with E-state index in [9.17, 15) is 0 Å². The third-order valence-corrected chi connectivity index (χ3v) is 11.5. The highest BCUT2D eigenvalue weighted by atomic mass is 14.5. The first kappa shape index (κ1) is 27.0. The molecule has 0 aromatic heterocycles. The molecular formula is C34H62. The van der Waals surface area contributed by atoms with Crippen molar-refractivity contribution < 1.29 is 0 Å². The average molecular weight is 471 g/mol. The van der Waals surface area contributed by atoms with Gasteiger partial charge in [-0.2, -0.15) is 0 Å². The van der Waals surface area contributed by atoms with Crippen molar-refractivity contribution >= 4 is 0 Å². The van der Waals surface area contributed by atoms with E-state index in [1.807, 2.05) is 0 Å². The number of rotatable bonds is 4. The molecule has 0 aromatic carbocycles. The van der Waals surface area contributed by atoms with E-state index in [0.717, 1.165) is 41.4 Å². The van der Waals surface area contributed by atoms with Crippen molar-refractivity contribution in [1.29, 1.82) is 0 Å². The largest absolute Gasteiger partial charge is 0.0599 e. The van der Waals surface area contributed by atoms with Crippen LogP contribution in [0.3, 0.4) is 0 Å². The Morgan fingerprint density at radius 1 is 0.500 bits per heavy atom. The molecule has 4 fully saturated rings. The normalized spacial score (nSPS) is 37.9. The summed E-state index contributed by atoms with van der Waals surface area (Å²) in [4.78, 5) is 0. The summed E-state index contributed by atoms with van der Waals surface area (Å²) in [5.41, 5.74) is 0.521. The van der Waals surface area contributed by atoms with Crippen molar-refractivity contribution in [2.45, 2.75) is 168 Å². The van der Waals surface area contributed by atoms with Gasteiger partial charge in [0.05, 0.1) is 0 Å². The molecule has 0 N–H and O–H groups in total. The predicted molar refractivity (Wildman–Crippen MR) is 150 cm³/mol. The van der Waals surface area contributed by atoms with Crippen molar-refractivity contribution in [3.8, 4) is 0 Å². The summed E-state index contributed by atoms with van der Waals surface area (Å²) in [5.74, 6) is 7.44. The molecule has 0 heterocycles. The van der Waals surface area contributed by atoms with Gasteiger partial charge in [0.25, 0.3) is 0 Å². The zero-order valence-electron chi connectivity index (χ0n) is 23.8. The molecule has 0 nitrogen and oxygen atoms in total. The first-order valence-corrected chi connectivity index (χ1v) is 16.5. The molecule has 0 aromatic rings. The van der Waals surface area contributed by atoms with Crippen LogP contribution in [0.2, 0.25) is 0 Å². The molecule has 4 saturated carbocycles. The van der Waals surface area contributed by atoms with Gasteiger partial charge in [-0.15, -0.1) is 0 Å². The lowest BCUT2D eigenvalue weighted by atomic mass is 9.58. The summed E-state index contributed by atoms with van der Waals surface area (Å²) in [6, 6.07) is 0. The van der Waals surface area contributed by atoms with Crippen molar-refractivity contribution in [2.24, 2.45) is 46.8 Å². The first-order valence-electron chi connectivity index (χ1n) is 16.5. The fourth-order valence-corrected chi connectivity index (χ4v) is 9.40. The van der Waals surface area contributed by atoms with Crippen LogP contribution >= 0.6 is 0 Å². The molecule has 198 valence electrons. The van der Waals surface area contributed by atoms with Gasteiger partial charge in [-0.3, -0.25) is 0 Å². The second-order valence-corrected chi connectivity index (χ2v) is 14.9. The Morgan fingerprint density at radius 2 is 1.09 bits per heavy atom. The Balaban J connectivity index is 1.44. The van der Waals surface area contributed by atoms with Gasteiger partial charge in [0.2, 0.25) is 0 Å². The summed E-state index contributed by atoms with van der Waals surface area (Å²) < 4.78 is 0.